The number of piperidine rings is 1. The highest BCUT2D eigenvalue weighted by molar-refractivity contribution is 6.24. The second-order valence-corrected chi connectivity index (χ2v) is 8.46. The van der Waals surface area contributed by atoms with Crippen LogP contribution in [0, 0.1) is 0 Å². The molecule has 4 aliphatic rings. The second kappa shape index (κ2) is 6.74. The summed E-state index contributed by atoms with van der Waals surface area (Å²) in [5.41, 5.74) is 1.74. The van der Waals surface area contributed by atoms with Crippen molar-refractivity contribution in [3.63, 3.8) is 0 Å². The third-order valence-corrected chi connectivity index (χ3v) is 6.88. The van der Waals surface area contributed by atoms with Gasteiger partial charge in [-0.25, -0.2) is 0 Å². The van der Waals surface area contributed by atoms with E-state index in [0.717, 1.165) is 49.4 Å². The van der Waals surface area contributed by atoms with E-state index in [0.29, 0.717) is 17.7 Å². The molecule has 4 amide bonds. The molecule has 0 aliphatic carbocycles. The van der Waals surface area contributed by atoms with Crippen LogP contribution in [0.1, 0.15) is 58.4 Å². The molecule has 8 nitrogen and oxygen atoms in total. The number of imide groups is 2. The summed E-state index contributed by atoms with van der Waals surface area (Å²) >= 11 is 0. The molecule has 0 aromatic heterocycles. The van der Waals surface area contributed by atoms with E-state index in [9.17, 15) is 19.2 Å². The molecule has 1 aromatic rings. The molecule has 152 valence electrons. The Morgan fingerprint density at radius 2 is 1.97 bits per heavy atom. The molecular weight excluding hydrogens is 372 g/mol. The number of rotatable bonds is 3. The van der Waals surface area contributed by atoms with E-state index in [-0.39, 0.29) is 24.3 Å². The minimum absolute atomic E-state index is 0.125. The number of likely N-dealkylation sites (tertiary alicyclic amines) is 1. The molecule has 1 spiro atoms. The first-order valence-electron chi connectivity index (χ1n) is 10.3. The summed E-state index contributed by atoms with van der Waals surface area (Å²) in [6, 6.07) is 4.45. The van der Waals surface area contributed by atoms with Crippen LogP contribution in [-0.4, -0.2) is 64.6 Å². The molecule has 0 radical (unpaired) electrons. The largest absolute Gasteiger partial charge is 0.315 e. The van der Waals surface area contributed by atoms with Crippen LogP contribution in [0.15, 0.2) is 18.2 Å². The molecule has 2 atom stereocenters. The topological polar surface area (TPSA) is 98.8 Å². The van der Waals surface area contributed by atoms with Crippen LogP contribution in [0.3, 0.4) is 0 Å². The zero-order chi connectivity index (χ0) is 20.2. The number of hydrogen-bond donors (Lipinski definition) is 2. The number of benzene rings is 1. The van der Waals surface area contributed by atoms with Gasteiger partial charge in [0.15, 0.2) is 0 Å². The van der Waals surface area contributed by atoms with Crippen molar-refractivity contribution < 1.29 is 19.2 Å². The predicted molar refractivity (Wildman–Crippen MR) is 103 cm³/mol. The Hall–Kier alpha value is -2.58. The minimum atomic E-state index is -0.926. The van der Waals surface area contributed by atoms with Gasteiger partial charge in [-0.05, 0) is 50.4 Å². The van der Waals surface area contributed by atoms with Crippen LogP contribution in [0.5, 0.6) is 0 Å². The summed E-state index contributed by atoms with van der Waals surface area (Å²) in [4.78, 5) is 53.5. The maximum absolute atomic E-state index is 13.3. The first-order valence-corrected chi connectivity index (χ1v) is 10.3. The van der Waals surface area contributed by atoms with Crippen molar-refractivity contribution in [2.45, 2.75) is 50.2 Å². The van der Waals surface area contributed by atoms with E-state index in [4.69, 9.17) is 0 Å². The number of hydrogen-bond acceptors (Lipinski definition) is 6. The smallest absolute Gasteiger partial charge is 0.262 e. The Labute approximate surface area is 168 Å². The average Bonchev–Trinajstić information content (AvgIpc) is 3.39. The first-order chi connectivity index (χ1) is 14.0. The van der Waals surface area contributed by atoms with Crippen LogP contribution in [0.2, 0.25) is 0 Å². The number of carbonyl (C=O) groups excluding carboxylic acids is 4. The van der Waals surface area contributed by atoms with Crippen LogP contribution in [0.4, 0.5) is 0 Å². The Balaban J connectivity index is 1.45. The second-order valence-electron chi connectivity index (χ2n) is 8.46. The third kappa shape index (κ3) is 2.81. The molecule has 1 aromatic carbocycles. The number of carbonyl (C=O) groups is 4. The summed E-state index contributed by atoms with van der Waals surface area (Å²) in [6.45, 7) is 3.55. The van der Waals surface area contributed by atoms with Gasteiger partial charge in [0.1, 0.15) is 6.04 Å². The molecule has 0 bridgehead atoms. The molecule has 8 heteroatoms. The normalized spacial score (nSPS) is 29.8. The molecule has 3 saturated heterocycles. The minimum Gasteiger partial charge on any atom is -0.315 e. The van der Waals surface area contributed by atoms with E-state index in [1.54, 1.807) is 6.07 Å². The van der Waals surface area contributed by atoms with Crippen LogP contribution >= 0.6 is 0 Å². The summed E-state index contributed by atoms with van der Waals surface area (Å²) in [7, 11) is 0. The maximum Gasteiger partial charge on any atom is 0.262 e. The molecule has 3 fully saturated rings. The Morgan fingerprint density at radius 3 is 2.72 bits per heavy atom. The van der Waals surface area contributed by atoms with Crippen LogP contribution in [0.25, 0.3) is 0 Å². The van der Waals surface area contributed by atoms with Crippen LogP contribution in [-0.2, 0) is 16.1 Å². The number of nitrogens with one attached hydrogen (secondary N) is 2. The highest BCUT2D eigenvalue weighted by Gasteiger charge is 2.47. The molecule has 2 unspecified atom stereocenters. The lowest BCUT2D eigenvalue weighted by molar-refractivity contribution is -0.136. The summed E-state index contributed by atoms with van der Waals surface area (Å²) in [5, 5.41) is 5.70. The Kier molecular flexibility index (Phi) is 4.29. The Bertz CT molecular complexity index is 916. The first kappa shape index (κ1) is 18.4. The van der Waals surface area contributed by atoms with E-state index < -0.39 is 23.8 Å². The van der Waals surface area contributed by atoms with E-state index in [2.05, 4.69) is 15.5 Å². The summed E-state index contributed by atoms with van der Waals surface area (Å²) < 4.78 is 0. The monoisotopic (exact) mass is 396 g/mol. The highest BCUT2D eigenvalue weighted by Crippen LogP contribution is 2.37. The summed E-state index contributed by atoms with van der Waals surface area (Å²) in [5.74, 6) is -1.81. The van der Waals surface area contributed by atoms with Gasteiger partial charge in [-0.3, -0.25) is 34.3 Å². The van der Waals surface area contributed by atoms with Gasteiger partial charge in [-0.1, -0.05) is 12.1 Å². The van der Waals surface area contributed by atoms with Crippen molar-refractivity contribution in [2.24, 2.45) is 0 Å². The SMILES string of the molecule is O=C1CCC(N2C(=O)c3cccc(CN4CCCC45CCNC5)c3C2=O)C(=O)N1. The molecule has 4 aliphatic heterocycles. The third-order valence-electron chi connectivity index (χ3n) is 6.88. The standard InChI is InChI=1S/C21H24N4O4/c26-16-6-5-15(18(27)23-16)25-19(28)14-4-1-3-13(17(14)20(25)29)11-24-10-2-7-21(24)8-9-22-12-21/h1,3-4,15,22H,2,5-12H2,(H,23,26,27). The zero-order valence-electron chi connectivity index (χ0n) is 16.2. The van der Waals surface area contributed by atoms with Gasteiger partial charge in [0.05, 0.1) is 11.1 Å². The van der Waals surface area contributed by atoms with Gasteiger partial charge in [0.25, 0.3) is 11.8 Å². The molecule has 4 heterocycles. The summed E-state index contributed by atoms with van der Waals surface area (Å²) in [6.07, 6.45) is 3.67. The lowest BCUT2D eigenvalue weighted by Crippen LogP contribution is -2.54. The van der Waals surface area contributed by atoms with E-state index >= 15 is 0 Å². The van der Waals surface area contributed by atoms with Gasteiger partial charge in [0, 0.05) is 25.0 Å². The molecule has 29 heavy (non-hydrogen) atoms. The number of fused-ring (bicyclic) bond motifs is 1. The van der Waals surface area contributed by atoms with Crippen molar-refractivity contribution in [2.75, 3.05) is 19.6 Å². The van der Waals surface area contributed by atoms with Crippen molar-refractivity contribution >= 4 is 23.6 Å². The van der Waals surface area contributed by atoms with Crippen molar-refractivity contribution in [1.82, 2.24) is 20.4 Å². The number of amides is 4. The van der Waals surface area contributed by atoms with Crippen molar-refractivity contribution in [3.8, 4) is 0 Å². The fraction of sp³-hybridized carbons (Fsp3) is 0.524. The lowest BCUT2D eigenvalue weighted by Gasteiger charge is -2.34. The maximum atomic E-state index is 13.3. The number of nitrogens with zero attached hydrogens (tertiary/aromatic N) is 2. The van der Waals surface area contributed by atoms with Crippen LogP contribution < -0.4 is 10.6 Å². The predicted octanol–water partition coefficient (Wildman–Crippen LogP) is 0.416. The Morgan fingerprint density at radius 1 is 1.10 bits per heavy atom. The van der Waals surface area contributed by atoms with Crippen molar-refractivity contribution in [1.29, 1.82) is 0 Å². The molecular formula is C21H24N4O4. The fourth-order valence-electron chi connectivity index (χ4n) is 5.38. The van der Waals surface area contributed by atoms with Crippen molar-refractivity contribution in [3.05, 3.63) is 34.9 Å². The molecule has 0 saturated carbocycles. The average molecular weight is 396 g/mol. The zero-order valence-corrected chi connectivity index (χ0v) is 16.2. The van der Waals surface area contributed by atoms with E-state index in [1.165, 1.54) is 0 Å². The van der Waals surface area contributed by atoms with Gasteiger partial charge < -0.3 is 5.32 Å². The molecule has 2 N–H and O–H groups in total. The molecule has 5 rings (SSSR count). The lowest BCUT2D eigenvalue weighted by atomic mass is 9.94. The van der Waals surface area contributed by atoms with Gasteiger partial charge in [0.2, 0.25) is 11.8 Å². The van der Waals surface area contributed by atoms with Gasteiger partial charge in [-0.2, -0.15) is 0 Å². The van der Waals surface area contributed by atoms with E-state index in [1.807, 2.05) is 12.1 Å². The quantitative estimate of drug-likeness (QED) is 0.719. The van der Waals surface area contributed by atoms with Gasteiger partial charge >= 0.3 is 0 Å². The van der Waals surface area contributed by atoms with Gasteiger partial charge in [-0.15, -0.1) is 0 Å². The fourth-order valence-corrected chi connectivity index (χ4v) is 5.38. The highest BCUT2D eigenvalue weighted by atomic mass is 16.2.